The largest absolute Gasteiger partial charge is 0.379 e. The van der Waals surface area contributed by atoms with Crippen LogP contribution in [-0.2, 0) is 17.6 Å². The molecule has 1 aliphatic carbocycles. The zero-order valence-electron chi connectivity index (χ0n) is 16.3. The van der Waals surface area contributed by atoms with Crippen molar-refractivity contribution in [2.24, 2.45) is 11.1 Å². The summed E-state index contributed by atoms with van der Waals surface area (Å²) in [4.78, 5) is 11.9. The van der Waals surface area contributed by atoms with Gasteiger partial charge in [0.2, 0.25) is 0 Å². The maximum absolute atomic E-state index is 11.9. The first kappa shape index (κ1) is 18.0. The number of rotatable bonds is 4. The monoisotopic (exact) mass is 368 g/mol. The van der Waals surface area contributed by atoms with Gasteiger partial charge in [0.15, 0.2) is 0 Å². The maximum atomic E-state index is 11.9. The Bertz CT molecular complexity index is 879. The average Bonchev–Trinajstić information content (AvgIpc) is 3.21. The minimum absolute atomic E-state index is 0.200. The molecule has 0 bridgehead atoms. The summed E-state index contributed by atoms with van der Waals surface area (Å²) >= 11 is 0. The second kappa shape index (κ2) is 6.68. The van der Waals surface area contributed by atoms with Crippen LogP contribution in [0.15, 0.2) is 18.2 Å². The molecule has 0 unspecified atom stereocenters. The molecule has 1 amide bonds. The van der Waals surface area contributed by atoms with Gasteiger partial charge in [-0.15, -0.1) is 0 Å². The molecule has 3 N–H and O–H groups in total. The Labute approximate surface area is 160 Å². The smallest absolute Gasteiger partial charge is 0.250 e. The topological polar surface area (TPSA) is 82.2 Å². The number of aromatic nitrogens is 2. The molecule has 1 fully saturated rings. The summed E-state index contributed by atoms with van der Waals surface area (Å²) < 4.78 is 7.50. The van der Waals surface area contributed by atoms with Gasteiger partial charge in [-0.3, -0.25) is 4.79 Å². The lowest BCUT2D eigenvalue weighted by Crippen LogP contribution is -2.24. The summed E-state index contributed by atoms with van der Waals surface area (Å²) in [5, 5.41) is 8.26. The average molecular weight is 368 g/mol. The predicted molar refractivity (Wildman–Crippen MR) is 105 cm³/mol. The van der Waals surface area contributed by atoms with Crippen molar-refractivity contribution in [2.75, 3.05) is 18.5 Å². The van der Waals surface area contributed by atoms with Gasteiger partial charge in [-0.1, -0.05) is 13.8 Å². The normalized spacial score (nSPS) is 21.1. The van der Waals surface area contributed by atoms with Crippen molar-refractivity contribution in [3.8, 4) is 5.69 Å². The Morgan fingerprint density at radius 3 is 2.93 bits per heavy atom. The summed E-state index contributed by atoms with van der Waals surface area (Å²) in [5.41, 5.74) is 11.8. The van der Waals surface area contributed by atoms with Gasteiger partial charge in [-0.25, -0.2) is 4.68 Å². The van der Waals surface area contributed by atoms with E-state index in [1.807, 2.05) is 16.8 Å². The molecule has 4 rings (SSSR count). The van der Waals surface area contributed by atoms with Crippen LogP contribution in [0.3, 0.4) is 0 Å². The zero-order valence-corrected chi connectivity index (χ0v) is 16.3. The number of fused-ring (bicyclic) bond motifs is 1. The van der Waals surface area contributed by atoms with Crippen molar-refractivity contribution in [3.63, 3.8) is 0 Å². The standard InChI is InChI=1S/C21H28N4O2/c1-13-16-6-8-21(2,3)11-19(16)25(24-13)15-4-5-17(20(22)26)18(10-15)23-14-7-9-27-12-14/h4-5,10,14,23H,6-9,11-12H2,1-3H3,(H2,22,26)/t14-/m1/s1. The fourth-order valence-corrected chi connectivity index (χ4v) is 4.20. The highest BCUT2D eigenvalue weighted by Crippen LogP contribution is 2.37. The van der Waals surface area contributed by atoms with Gasteiger partial charge in [-0.05, 0) is 61.8 Å². The third kappa shape index (κ3) is 3.46. The van der Waals surface area contributed by atoms with Gasteiger partial charge in [0.25, 0.3) is 5.91 Å². The number of hydrogen-bond acceptors (Lipinski definition) is 4. The fourth-order valence-electron chi connectivity index (χ4n) is 4.20. The number of nitrogens with two attached hydrogens (primary N) is 1. The third-order valence-electron chi connectivity index (χ3n) is 5.79. The molecule has 2 aliphatic rings. The highest BCUT2D eigenvalue weighted by Gasteiger charge is 2.30. The number of aryl methyl sites for hydroxylation is 1. The van der Waals surface area contributed by atoms with Crippen molar-refractivity contribution < 1.29 is 9.53 Å². The molecule has 1 saturated heterocycles. The second-order valence-electron chi connectivity index (χ2n) is 8.56. The number of nitrogens with one attached hydrogen (secondary N) is 1. The Morgan fingerprint density at radius 1 is 1.41 bits per heavy atom. The van der Waals surface area contributed by atoms with E-state index >= 15 is 0 Å². The van der Waals surface area contributed by atoms with Crippen molar-refractivity contribution in [1.82, 2.24) is 9.78 Å². The SMILES string of the molecule is Cc1nn(-c2ccc(C(N)=O)c(N[C@@H]3CCOC3)c2)c2c1CCC(C)(C)C2. The van der Waals surface area contributed by atoms with E-state index in [4.69, 9.17) is 15.6 Å². The van der Waals surface area contributed by atoms with Gasteiger partial charge in [0.1, 0.15) is 0 Å². The molecule has 0 saturated carbocycles. The van der Waals surface area contributed by atoms with Crippen LogP contribution in [0, 0.1) is 12.3 Å². The quantitative estimate of drug-likeness (QED) is 0.869. The highest BCUT2D eigenvalue weighted by molar-refractivity contribution is 5.99. The van der Waals surface area contributed by atoms with E-state index in [1.54, 1.807) is 6.07 Å². The molecular formula is C21H28N4O2. The lowest BCUT2D eigenvalue weighted by Gasteiger charge is -2.30. The fraction of sp³-hybridized carbons (Fsp3) is 0.524. The van der Waals surface area contributed by atoms with Gasteiger partial charge in [-0.2, -0.15) is 5.10 Å². The first-order valence-corrected chi connectivity index (χ1v) is 9.70. The Hall–Kier alpha value is -2.34. The Kier molecular flexibility index (Phi) is 4.46. The van der Waals surface area contributed by atoms with Crippen LogP contribution in [-0.4, -0.2) is 34.9 Å². The lowest BCUT2D eigenvalue weighted by molar-refractivity contribution is 0.100. The molecule has 0 radical (unpaired) electrons. The summed E-state index contributed by atoms with van der Waals surface area (Å²) in [5.74, 6) is -0.428. The summed E-state index contributed by atoms with van der Waals surface area (Å²) in [7, 11) is 0. The van der Waals surface area contributed by atoms with Gasteiger partial charge in [0.05, 0.1) is 29.6 Å². The highest BCUT2D eigenvalue weighted by atomic mass is 16.5. The second-order valence-corrected chi connectivity index (χ2v) is 8.56. The lowest BCUT2D eigenvalue weighted by atomic mass is 9.76. The van der Waals surface area contributed by atoms with Crippen molar-refractivity contribution in [1.29, 1.82) is 0 Å². The number of nitrogens with zero attached hydrogens (tertiary/aromatic N) is 2. The molecule has 2 aromatic rings. The van der Waals surface area contributed by atoms with E-state index < -0.39 is 5.91 Å². The van der Waals surface area contributed by atoms with Crippen molar-refractivity contribution in [2.45, 2.75) is 52.5 Å². The minimum atomic E-state index is -0.428. The number of primary amides is 1. The first-order chi connectivity index (χ1) is 12.8. The molecule has 1 atom stereocenters. The molecule has 27 heavy (non-hydrogen) atoms. The van der Waals surface area contributed by atoms with Crippen LogP contribution in [0.25, 0.3) is 5.69 Å². The van der Waals surface area contributed by atoms with E-state index in [9.17, 15) is 4.79 Å². The summed E-state index contributed by atoms with van der Waals surface area (Å²) in [6.45, 7) is 8.09. The molecule has 6 nitrogen and oxygen atoms in total. The summed E-state index contributed by atoms with van der Waals surface area (Å²) in [6.07, 6.45) is 4.17. The molecule has 144 valence electrons. The number of benzene rings is 1. The van der Waals surface area contributed by atoms with Crippen LogP contribution < -0.4 is 11.1 Å². The van der Waals surface area contributed by atoms with Crippen LogP contribution in [0.4, 0.5) is 5.69 Å². The predicted octanol–water partition coefficient (Wildman–Crippen LogP) is 3.00. The van der Waals surface area contributed by atoms with E-state index in [0.717, 1.165) is 42.9 Å². The first-order valence-electron chi connectivity index (χ1n) is 9.70. The van der Waals surface area contributed by atoms with Gasteiger partial charge < -0.3 is 15.8 Å². The van der Waals surface area contributed by atoms with Crippen LogP contribution >= 0.6 is 0 Å². The third-order valence-corrected chi connectivity index (χ3v) is 5.79. The maximum Gasteiger partial charge on any atom is 0.250 e. The number of hydrogen-bond donors (Lipinski definition) is 2. The van der Waals surface area contributed by atoms with Gasteiger partial charge in [0, 0.05) is 18.0 Å². The molecule has 0 spiro atoms. The molecule has 2 heterocycles. The molecule has 1 aromatic heterocycles. The van der Waals surface area contributed by atoms with E-state index in [0.29, 0.717) is 12.2 Å². The van der Waals surface area contributed by atoms with E-state index in [-0.39, 0.29) is 11.5 Å². The van der Waals surface area contributed by atoms with E-state index in [1.165, 1.54) is 17.7 Å². The molecule has 6 heteroatoms. The number of carbonyl (C=O) groups excluding carboxylic acids is 1. The number of anilines is 1. The number of carbonyl (C=O) groups is 1. The molecule has 1 aliphatic heterocycles. The number of ether oxygens (including phenoxy) is 1. The van der Waals surface area contributed by atoms with Gasteiger partial charge >= 0.3 is 0 Å². The van der Waals surface area contributed by atoms with E-state index in [2.05, 4.69) is 26.1 Å². The zero-order chi connectivity index (χ0) is 19.2. The minimum Gasteiger partial charge on any atom is -0.379 e. The summed E-state index contributed by atoms with van der Waals surface area (Å²) in [6, 6.07) is 5.93. The Balaban J connectivity index is 1.75. The number of amides is 1. The van der Waals surface area contributed by atoms with Crippen LogP contribution in [0.1, 0.15) is 54.0 Å². The Morgan fingerprint density at radius 2 is 2.22 bits per heavy atom. The van der Waals surface area contributed by atoms with Crippen LogP contribution in [0.2, 0.25) is 0 Å². The van der Waals surface area contributed by atoms with Crippen molar-refractivity contribution in [3.05, 3.63) is 40.7 Å². The molecular weight excluding hydrogens is 340 g/mol. The van der Waals surface area contributed by atoms with Crippen LogP contribution in [0.5, 0.6) is 0 Å². The molecule has 1 aromatic carbocycles. The van der Waals surface area contributed by atoms with Crippen molar-refractivity contribution >= 4 is 11.6 Å².